The maximum absolute atomic E-state index is 5.37. The summed E-state index contributed by atoms with van der Waals surface area (Å²) in [7, 11) is 4.38. The summed E-state index contributed by atoms with van der Waals surface area (Å²) in [5, 5.41) is 3.64. The van der Waals surface area contributed by atoms with Crippen molar-refractivity contribution >= 4 is 0 Å². The molecule has 1 aliphatic carbocycles. The second-order valence-electron chi connectivity index (χ2n) is 5.54. The lowest BCUT2D eigenvalue weighted by atomic mass is 9.75. The van der Waals surface area contributed by atoms with Crippen LogP contribution in [0.15, 0.2) is 22.8 Å². The number of rotatable bonds is 6. The van der Waals surface area contributed by atoms with Crippen molar-refractivity contribution < 1.29 is 4.42 Å². The smallest absolute Gasteiger partial charge is 0.105 e. The van der Waals surface area contributed by atoms with Crippen molar-refractivity contribution in [3.63, 3.8) is 0 Å². The van der Waals surface area contributed by atoms with E-state index in [2.05, 4.69) is 31.2 Å². The van der Waals surface area contributed by atoms with Gasteiger partial charge in [0.1, 0.15) is 5.76 Å². The SMILES string of the molecule is CC(Cc1ccco1)NCC1(N(C)C)CCC1. The standard InChI is InChI=1S/C14H24N2O/c1-12(10-13-6-4-9-17-13)15-11-14(16(2)3)7-5-8-14/h4,6,9,12,15H,5,7-8,10-11H2,1-3H3. The van der Waals surface area contributed by atoms with Crippen molar-refractivity contribution in [2.75, 3.05) is 20.6 Å². The lowest BCUT2D eigenvalue weighted by Gasteiger charge is -2.48. The molecule has 0 saturated heterocycles. The van der Waals surface area contributed by atoms with Crippen LogP contribution in [0, 0.1) is 0 Å². The molecule has 1 heterocycles. The van der Waals surface area contributed by atoms with E-state index in [1.54, 1.807) is 6.26 Å². The zero-order chi connectivity index (χ0) is 12.3. The summed E-state index contributed by atoms with van der Waals surface area (Å²) in [5.74, 6) is 1.07. The first-order valence-corrected chi connectivity index (χ1v) is 6.56. The zero-order valence-corrected chi connectivity index (χ0v) is 11.2. The third-order valence-electron chi connectivity index (χ3n) is 4.10. The van der Waals surface area contributed by atoms with Crippen LogP contribution in [-0.4, -0.2) is 37.1 Å². The van der Waals surface area contributed by atoms with Crippen LogP contribution in [-0.2, 0) is 6.42 Å². The Labute approximate surface area is 104 Å². The molecular weight excluding hydrogens is 212 g/mol. The van der Waals surface area contributed by atoms with Crippen molar-refractivity contribution in [3.8, 4) is 0 Å². The average Bonchev–Trinajstić information content (AvgIpc) is 2.68. The zero-order valence-electron chi connectivity index (χ0n) is 11.2. The summed E-state index contributed by atoms with van der Waals surface area (Å²) in [4.78, 5) is 2.38. The molecule has 0 aliphatic heterocycles. The minimum Gasteiger partial charge on any atom is -0.469 e. The number of likely N-dealkylation sites (N-methyl/N-ethyl adjacent to an activating group) is 1. The van der Waals surface area contributed by atoms with Crippen molar-refractivity contribution in [1.29, 1.82) is 0 Å². The molecule has 0 amide bonds. The van der Waals surface area contributed by atoms with Gasteiger partial charge < -0.3 is 14.6 Å². The quantitative estimate of drug-likeness (QED) is 0.821. The maximum atomic E-state index is 5.37. The highest BCUT2D eigenvalue weighted by Gasteiger charge is 2.38. The van der Waals surface area contributed by atoms with Gasteiger partial charge in [0, 0.05) is 24.5 Å². The maximum Gasteiger partial charge on any atom is 0.105 e. The Morgan fingerprint density at radius 1 is 1.47 bits per heavy atom. The Morgan fingerprint density at radius 2 is 2.24 bits per heavy atom. The van der Waals surface area contributed by atoms with Crippen LogP contribution in [0.4, 0.5) is 0 Å². The molecule has 1 aromatic heterocycles. The van der Waals surface area contributed by atoms with Gasteiger partial charge in [-0.15, -0.1) is 0 Å². The van der Waals surface area contributed by atoms with Crippen LogP contribution >= 0.6 is 0 Å². The fourth-order valence-electron chi connectivity index (χ4n) is 2.53. The van der Waals surface area contributed by atoms with Crippen LogP contribution in [0.1, 0.15) is 31.9 Å². The molecule has 96 valence electrons. The van der Waals surface area contributed by atoms with E-state index in [4.69, 9.17) is 4.42 Å². The summed E-state index contributed by atoms with van der Waals surface area (Å²) >= 11 is 0. The summed E-state index contributed by atoms with van der Waals surface area (Å²) < 4.78 is 5.37. The fourth-order valence-corrected chi connectivity index (χ4v) is 2.53. The van der Waals surface area contributed by atoms with Gasteiger partial charge in [-0.05, 0) is 52.4 Å². The number of furan rings is 1. The largest absolute Gasteiger partial charge is 0.469 e. The molecule has 1 saturated carbocycles. The highest BCUT2D eigenvalue weighted by molar-refractivity contribution is 5.01. The van der Waals surface area contributed by atoms with Crippen molar-refractivity contribution in [2.45, 2.75) is 44.2 Å². The number of nitrogens with zero attached hydrogens (tertiary/aromatic N) is 1. The van der Waals surface area contributed by atoms with E-state index in [0.717, 1.165) is 18.7 Å². The van der Waals surface area contributed by atoms with Gasteiger partial charge in [-0.25, -0.2) is 0 Å². The molecule has 2 rings (SSSR count). The predicted octanol–water partition coefficient (Wildman–Crippen LogP) is 2.28. The number of hydrogen-bond donors (Lipinski definition) is 1. The first-order valence-electron chi connectivity index (χ1n) is 6.56. The third-order valence-corrected chi connectivity index (χ3v) is 4.10. The van der Waals surface area contributed by atoms with Crippen LogP contribution in [0.3, 0.4) is 0 Å². The molecule has 0 aromatic carbocycles. The van der Waals surface area contributed by atoms with E-state index < -0.39 is 0 Å². The Bertz CT molecular complexity index is 328. The Kier molecular flexibility index (Phi) is 3.89. The Hall–Kier alpha value is -0.800. The van der Waals surface area contributed by atoms with Gasteiger partial charge in [-0.2, -0.15) is 0 Å². The van der Waals surface area contributed by atoms with Crippen LogP contribution in [0.25, 0.3) is 0 Å². The van der Waals surface area contributed by atoms with E-state index in [9.17, 15) is 0 Å². The third kappa shape index (κ3) is 2.90. The Morgan fingerprint density at radius 3 is 2.71 bits per heavy atom. The van der Waals surface area contributed by atoms with E-state index in [1.165, 1.54) is 19.3 Å². The molecule has 3 nitrogen and oxygen atoms in total. The highest BCUT2D eigenvalue weighted by atomic mass is 16.3. The highest BCUT2D eigenvalue weighted by Crippen LogP contribution is 2.35. The van der Waals surface area contributed by atoms with Gasteiger partial charge in [0.15, 0.2) is 0 Å². The molecule has 1 fully saturated rings. The molecule has 1 aromatic rings. The van der Waals surface area contributed by atoms with Crippen molar-refractivity contribution in [1.82, 2.24) is 10.2 Å². The topological polar surface area (TPSA) is 28.4 Å². The molecule has 1 atom stereocenters. The minimum absolute atomic E-state index is 0.400. The first kappa shape index (κ1) is 12.7. The van der Waals surface area contributed by atoms with E-state index in [0.29, 0.717) is 11.6 Å². The predicted molar refractivity (Wildman–Crippen MR) is 70.1 cm³/mol. The average molecular weight is 236 g/mol. The van der Waals surface area contributed by atoms with E-state index in [1.807, 2.05) is 12.1 Å². The minimum atomic E-state index is 0.400. The molecule has 17 heavy (non-hydrogen) atoms. The van der Waals surface area contributed by atoms with Gasteiger partial charge in [-0.3, -0.25) is 0 Å². The fraction of sp³-hybridized carbons (Fsp3) is 0.714. The molecule has 1 unspecified atom stereocenters. The molecule has 1 N–H and O–H groups in total. The van der Waals surface area contributed by atoms with E-state index in [-0.39, 0.29) is 0 Å². The molecule has 3 heteroatoms. The van der Waals surface area contributed by atoms with Gasteiger partial charge in [-0.1, -0.05) is 0 Å². The Balaban J connectivity index is 1.77. The van der Waals surface area contributed by atoms with Gasteiger partial charge >= 0.3 is 0 Å². The molecule has 1 aliphatic rings. The van der Waals surface area contributed by atoms with Crippen LogP contribution < -0.4 is 5.32 Å². The number of nitrogens with one attached hydrogen (secondary N) is 1. The second-order valence-corrected chi connectivity index (χ2v) is 5.54. The summed E-state index contributed by atoms with van der Waals surface area (Å²) in [6.45, 7) is 3.31. The summed E-state index contributed by atoms with van der Waals surface area (Å²) in [6, 6.07) is 4.47. The second kappa shape index (κ2) is 5.23. The van der Waals surface area contributed by atoms with Gasteiger partial charge in [0.05, 0.1) is 6.26 Å². The normalized spacial score (nSPS) is 20.2. The van der Waals surface area contributed by atoms with Gasteiger partial charge in [0.2, 0.25) is 0 Å². The van der Waals surface area contributed by atoms with Gasteiger partial charge in [0.25, 0.3) is 0 Å². The monoisotopic (exact) mass is 236 g/mol. The first-order chi connectivity index (χ1) is 8.12. The number of hydrogen-bond acceptors (Lipinski definition) is 3. The van der Waals surface area contributed by atoms with E-state index >= 15 is 0 Å². The molecule has 0 bridgehead atoms. The summed E-state index contributed by atoms with van der Waals surface area (Å²) in [5.41, 5.74) is 0.400. The van der Waals surface area contributed by atoms with Crippen molar-refractivity contribution in [3.05, 3.63) is 24.2 Å². The van der Waals surface area contributed by atoms with Crippen molar-refractivity contribution in [2.24, 2.45) is 0 Å². The van der Waals surface area contributed by atoms with Crippen LogP contribution in [0.2, 0.25) is 0 Å². The molecular formula is C14H24N2O. The lowest BCUT2D eigenvalue weighted by molar-refractivity contribution is 0.0575. The van der Waals surface area contributed by atoms with Crippen LogP contribution in [0.5, 0.6) is 0 Å². The molecule has 0 spiro atoms. The molecule has 0 radical (unpaired) electrons. The summed E-state index contributed by atoms with van der Waals surface area (Å²) in [6.07, 6.45) is 6.72. The lowest BCUT2D eigenvalue weighted by Crippen LogP contribution is -2.57.